The number of imidazole rings is 1. The molecule has 3 nitrogen and oxygen atoms in total. The van der Waals surface area contributed by atoms with Crippen LogP contribution in [0.25, 0.3) is 5.65 Å². The molecule has 0 saturated heterocycles. The molecule has 2 aromatic rings. The van der Waals surface area contributed by atoms with Crippen LogP contribution < -0.4 is 5.73 Å². The number of nitrogens with zero attached hydrogens (tertiary/aromatic N) is 2. The van der Waals surface area contributed by atoms with Crippen molar-refractivity contribution in [3.63, 3.8) is 0 Å². The molecule has 0 atom stereocenters. The molecule has 10 heavy (non-hydrogen) atoms. The van der Waals surface area contributed by atoms with Gasteiger partial charge in [0.05, 0.1) is 5.69 Å². The molecule has 2 rings (SSSR count). The van der Waals surface area contributed by atoms with Crippen LogP contribution in [-0.4, -0.2) is 9.38 Å². The van der Waals surface area contributed by atoms with E-state index in [1.807, 2.05) is 28.9 Å². The number of hydrogen-bond acceptors (Lipinski definition) is 2. The van der Waals surface area contributed by atoms with Crippen LogP contribution >= 0.6 is 0 Å². The van der Waals surface area contributed by atoms with E-state index in [1.165, 1.54) is 0 Å². The molecular formula is C7H7N3. The zero-order valence-corrected chi connectivity index (χ0v) is 5.36. The van der Waals surface area contributed by atoms with Crippen LogP contribution in [0.5, 0.6) is 0 Å². The zero-order chi connectivity index (χ0) is 6.97. The highest BCUT2D eigenvalue weighted by Crippen LogP contribution is 2.08. The lowest BCUT2D eigenvalue weighted by Crippen LogP contribution is -1.90. The maximum atomic E-state index is 5.62. The lowest BCUT2D eigenvalue weighted by molar-refractivity contribution is 1.19. The van der Waals surface area contributed by atoms with Gasteiger partial charge in [-0.1, -0.05) is 0 Å². The summed E-state index contributed by atoms with van der Waals surface area (Å²) in [4.78, 5) is 4.06. The van der Waals surface area contributed by atoms with Crippen LogP contribution in [-0.2, 0) is 0 Å². The highest BCUT2D eigenvalue weighted by Gasteiger charge is 1.94. The summed E-state index contributed by atoms with van der Waals surface area (Å²) >= 11 is 0. The summed E-state index contributed by atoms with van der Waals surface area (Å²) < 4.78 is 1.88. The van der Waals surface area contributed by atoms with Gasteiger partial charge in [0.25, 0.3) is 0 Å². The Hall–Kier alpha value is -1.51. The Morgan fingerprint density at radius 3 is 3.10 bits per heavy atom. The fourth-order valence-corrected chi connectivity index (χ4v) is 0.971. The Balaban J connectivity index is 2.95. The number of anilines is 1. The Bertz CT molecular complexity index is 350. The molecule has 3 heteroatoms. The van der Waals surface area contributed by atoms with Gasteiger partial charge in [-0.3, -0.25) is 0 Å². The van der Waals surface area contributed by atoms with E-state index in [2.05, 4.69) is 4.98 Å². The molecule has 0 fully saturated rings. The fraction of sp³-hybridized carbons (Fsp3) is 0. The van der Waals surface area contributed by atoms with Crippen LogP contribution in [0.1, 0.15) is 0 Å². The van der Waals surface area contributed by atoms with E-state index in [4.69, 9.17) is 5.73 Å². The first kappa shape index (κ1) is 5.29. The standard InChI is InChI=1S/C7H7N3/c8-6-2-1-4-10-5-3-9-7(6)10/h1-5H,8H2. The smallest absolute Gasteiger partial charge is 0.159 e. The zero-order valence-electron chi connectivity index (χ0n) is 5.36. The predicted octanol–water partition coefficient (Wildman–Crippen LogP) is 0.916. The van der Waals surface area contributed by atoms with Crippen molar-refractivity contribution in [1.29, 1.82) is 0 Å². The first-order valence-corrected chi connectivity index (χ1v) is 3.05. The summed E-state index contributed by atoms with van der Waals surface area (Å²) in [5.74, 6) is 0. The van der Waals surface area contributed by atoms with Gasteiger partial charge in [-0.05, 0) is 12.1 Å². The quantitative estimate of drug-likeness (QED) is 0.580. The van der Waals surface area contributed by atoms with Crippen LogP contribution in [0.2, 0.25) is 0 Å². The molecule has 0 radical (unpaired) electrons. The van der Waals surface area contributed by atoms with Gasteiger partial charge < -0.3 is 10.1 Å². The van der Waals surface area contributed by atoms with Crippen LogP contribution in [0.4, 0.5) is 5.69 Å². The molecule has 0 bridgehead atoms. The normalized spacial score (nSPS) is 10.4. The highest BCUT2D eigenvalue weighted by atomic mass is 15.0. The molecule has 0 unspecified atom stereocenters. The van der Waals surface area contributed by atoms with E-state index in [0.717, 1.165) is 5.65 Å². The molecule has 0 amide bonds. The van der Waals surface area contributed by atoms with Crippen molar-refractivity contribution in [3.8, 4) is 0 Å². The Morgan fingerprint density at radius 2 is 2.30 bits per heavy atom. The number of nitrogens with two attached hydrogens (primary N) is 1. The molecule has 0 saturated carbocycles. The predicted molar refractivity (Wildman–Crippen MR) is 39.6 cm³/mol. The molecule has 50 valence electrons. The number of pyridine rings is 1. The third kappa shape index (κ3) is 0.572. The van der Waals surface area contributed by atoms with Crippen molar-refractivity contribution < 1.29 is 0 Å². The lowest BCUT2D eigenvalue weighted by atomic mass is 10.4. The molecule has 0 aliphatic heterocycles. The molecule has 2 N–H and O–H groups in total. The number of nitrogen functional groups attached to an aromatic ring is 1. The maximum Gasteiger partial charge on any atom is 0.159 e. The van der Waals surface area contributed by atoms with Crippen LogP contribution in [0, 0.1) is 0 Å². The Morgan fingerprint density at radius 1 is 1.40 bits per heavy atom. The number of hydrogen-bond donors (Lipinski definition) is 1. The van der Waals surface area contributed by atoms with E-state index < -0.39 is 0 Å². The van der Waals surface area contributed by atoms with Crippen molar-refractivity contribution in [1.82, 2.24) is 9.38 Å². The van der Waals surface area contributed by atoms with E-state index in [9.17, 15) is 0 Å². The van der Waals surface area contributed by atoms with Gasteiger partial charge in [0.15, 0.2) is 5.65 Å². The SMILES string of the molecule is Nc1cccn2ccnc12. The van der Waals surface area contributed by atoms with Gasteiger partial charge >= 0.3 is 0 Å². The number of fused-ring (bicyclic) bond motifs is 1. The van der Waals surface area contributed by atoms with Gasteiger partial charge in [-0.25, -0.2) is 4.98 Å². The topological polar surface area (TPSA) is 43.3 Å². The average Bonchev–Trinajstić information content (AvgIpc) is 2.36. The minimum Gasteiger partial charge on any atom is -0.396 e. The van der Waals surface area contributed by atoms with E-state index in [-0.39, 0.29) is 0 Å². The van der Waals surface area contributed by atoms with Gasteiger partial charge in [0, 0.05) is 18.6 Å². The first-order valence-electron chi connectivity index (χ1n) is 3.05. The molecule has 0 aromatic carbocycles. The largest absolute Gasteiger partial charge is 0.396 e. The summed E-state index contributed by atoms with van der Waals surface area (Å²) in [5, 5.41) is 0. The molecule has 2 heterocycles. The highest BCUT2D eigenvalue weighted by molar-refractivity contribution is 5.63. The first-order chi connectivity index (χ1) is 4.88. The van der Waals surface area contributed by atoms with Crippen molar-refractivity contribution >= 4 is 11.3 Å². The minimum absolute atomic E-state index is 0.715. The van der Waals surface area contributed by atoms with E-state index >= 15 is 0 Å². The molecule has 0 spiro atoms. The molecule has 2 aromatic heterocycles. The summed E-state index contributed by atoms with van der Waals surface area (Å²) in [7, 11) is 0. The summed E-state index contributed by atoms with van der Waals surface area (Å²) in [6.07, 6.45) is 5.51. The Kier molecular flexibility index (Phi) is 0.917. The van der Waals surface area contributed by atoms with E-state index in [1.54, 1.807) is 6.20 Å². The van der Waals surface area contributed by atoms with Gasteiger partial charge in [-0.2, -0.15) is 0 Å². The van der Waals surface area contributed by atoms with E-state index in [0.29, 0.717) is 5.69 Å². The maximum absolute atomic E-state index is 5.62. The van der Waals surface area contributed by atoms with Gasteiger partial charge in [-0.15, -0.1) is 0 Å². The second-order valence-corrected chi connectivity index (χ2v) is 2.12. The molecular weight excluding hydrogens is 126 g/mol. The number of rotatable bonds is 0. The summed E-state index contributed by atoms with van der Waals surface area (Å²) in [5.41, 5.74) is 7.15. The van der Waals surface area contributed by atoms with Crippen molar-refractivity contribution in [2.45, 2.75) is 0 Å². The van der Waals surface area contributed by atoms with Crippen LogP contribution in [0.15, 0.2) is 30.7 Å². The fourth-order valence-electron chi connectivity index (χ4n) is 0.971. The van der Waals surface area contributed by atoms with Crippen molar-refractivity contribution in [2.24, 2.45) is 0 Å². The summed E-state index contributed by atoms with van der Waals surface area (Å²) in [6.45, 7) is 0. The monoisotopic (exact) mass is 133 g/mol. The molecule has 0 aliphatic carbocycles. The third-order valence-corrected chi connectivity index (χ3v) is 1.45. The average molecular weight is 133 g/mol. The lowest BCUT2D eigenvalue weighted by Gasteiger charge is -1.94. The summed E-state index contributed by atoms with van der Waals surface area (Å²) in [6, 6.07) is 3.73. The second-order valence-electron chi connectivity index (χ2n) is 2.12. The van der Waals surface area contributed by atoms with Gasteiger partial charge in [0.2, 0.25) is 0 Å². The van der Waals surface area contributed by atoms with Gasteiger partial charge in [0.1, 0.15) is 0 Å². The minimum atomic E-state index is 0.715. The van der Waals surface area contributed by atoms with Crippen molar-refractivity contribution in [2.75, 3.05) is 5.73 Å². The second kappa shape index (κ2) is 1.73. The van der Waals surface area contributed by atoms with Crippen LogP contribution in [0.3, 0.4) is 0 Å². The third-order valence-electron chi connectivity index (χ3n) is 1.45. The van der Waals surface area contributed by atoms with Crippen molar-refractivity contribution in [3.05, 3.63) is 30.7 Å². The Labute approximate surface area is 58.1 Å². The molecule has 0 aliphatic rings. The number of aromatic nitrogens is 2.